The Morgan fingerprint density at radius 2 is 1.69 bits per heavy atom. The Morgan fingerprint density at radius 1 is 0.917 bits per heavy atom. The van der Waals surface area contributed by atoms with Gasteiger partial charge in [0, 0.05) is 22.7 Å². The van der Waals surface area contributed by atoms with Crippen molar-refractivity contribution >= 4 is 33.6 Å². The van der Waals surface area contributed by atoms with Crippen molar-refractivity contribution in [3.8, 4) is 22.8 Å². The highest BCUT2D eigenvalue weighted by atomic mass is 32.2. The van der Waals surface area contributed by atoms with Crippen molar-refractivity contribution in [1.82, 2.24) is 34.7 Å². The molecular formula is C26H21N7O2S. The molecule has 0 amide bonds. The number of aromatic amines is 1. The number of benzene rings is 3. The number of para-hydroxylation sites is 1. The summed E-state index contributed by atoms with van der Waals surface area (Å²) in [5.41, 5.74) is 3.20. The lowest BCUT2D eigenvalue weighted by molar-refractivity contribution is 0.340. The summed E-state index contributed by atoms with van der Waals surface area (Å²) >= 11 is 1.36. The molecule has 6 aromatic rings. The van der Waals surface area contributed by atoms with Gasteiger partial charge in [-0.3, -0.25) is 9.36 Å². The first-order valence-corrected chi connectivity index (χ1v) is 12.4. The van der Waals surface area contributed by atoms with E-state index in [9.17, 15) is 4.79 Å². The monoisotopic (exact) mass is 495 g/mol. The molecule has 0 aliphatic carbocycles. The van der Waals surface area contributed by atoms with Crippen molar-refractivity contribution in [2.75, 3.05) is 6.61 Å². The topological polar surface area (TPSA) is 104 Å². The maximum Gasteiger partial charge on any atom is 0.278 e. The minimum Gasteiger partial charge on any atom is -0.494 e. The molecule has 0 aliphatic rings. The average Bonchev–Trinajstić information content (AvgIpc) is 3.53. The summed E-state index contributed by atoms with van der Waals surface area (Å²) in [6.45, 7) is 2.55. The van der Waals surface area contributed by atoms with Gasteiger partial charge in [-0.1, -0.05) is 47.3 Å². The van der Waals surface area contributed by atoms with Crippen LogP contribution in [0.5, 0.6) is 5.75 Å². The van der Waals surface area contributed by atoms with E-state index in [1.165, 1.54) is 16.4 Å². The first kappa shape index (κ1) is 22.1. The second kappa shape index (κ2) is 9.31. The lowest BCUT2D eigenvalue weighted by Crippen LogP contribution is -2.23. The molecule has 10 heteroatoms. The molecule has 1 N–H and O–H groups in total. The van der Waals surface area contributed by atoms with Crippen LogP contribution < -0.4 is 10.3 Å². The van der Waals surface area contributed by atoms with Gasteiger partial charge in [0.05, 0.1) is 23.6 Å². The molecule has 0 spiro atoms. The summed E-state index contributed by atoms with van der Waals surface area (Å²) in [6.07, 6.45) is 1.94. The number of nitrogens with one attached hydrogen (secondary N) is 1. The van der Waals surface area contributed by atoms with Gasteiger partial charge >= 0.3 is 0 Å². The molecule has 0 radical (unpaired) electrons. The fourth-order valence-corrected chi connectivity index (χ4v) is 4.94. The Labute approximate surface area is 209 Å². The zero-order valence-electron chi connectivity index (χ0n) is 19.3. The van der Waals surface area contributed by atoms with E-state index < -0.39 is 0 Å². The highest BCUT2D eigenvalue weighted by Gasteiger charge is 2.19. The Hall–Kier alpha value is -4.44. The lowest BCUT2D eigenvalue weighted by Gasteiger charge is -2.11. The standard InChI is InChI=1S/C26H21N7O2S/c1-2-35-18-13-11-17(12-14-18)33-24(21-15-27-22-9-5-3-7-19(21)22)29-30-26(33)36-16-32-25(34)20-8-4-6-10-23(20)28-31-32/h3-15,27H,2,16H2,1H3. The fourth-order valence-electron chi connectivity index (χ4n) is 4.11. The number of H-pyrrole nitrogens is 1. The Bertz CT molecular complexity index is 1740. The van der Waals surface area contributed by atoms with Gasteiger partial charge in [-0.25, -0.2) is 0 Å². The van der Waals surface area contributed by atoms with E-state index in [-0.39, 0.29) is 11.4 Å². The summed E-state index contributed by atoms with van der Waals surface area (Å²) in [4.78, 5) is 16.2. The molecule has 0 unspecified atom stereocenters. The summed E-state index contributed by atoms with van der Waals surface area (Å²) in [6, 6.07) is 23.0. The largest absolute Gasteiger partial charge is 0.494 e. The fraction of sp³-hybridized carbons (Fsp3) is 0.115. The minimum absolute atomic E-state index is 0.197. The van der Waals surface area contributed by atoms with Crippen LogP contribution in [0.15, 0.2) is 88.9 Å². The quantitative estimate of drug-likeness (QED) is 0.321. The van der Waals surface area contributed by atoms with Gasteiger partial charge in [0.15, 0.2) is 11.0 Å². The van der Waals surface area contributed by atoms with E-state index >= 15 is 0 Å². The van der Waals surface area contributed by atoms with Crippen molar-refractivity contribution in [3.63, 3.8) is 0 Å². The SMILES string of the molecule is CCOc1ccc(-n2c(SCn3nnc4ccccc4c3=O)nnc2-c2c[nH]c3ccccc23)cc1. The molecule has 36 heavy (non-hydrogen) atoms. The molecule has 0 atom stereocenters. The van der Waals surface area contributed by atoms with Gasteiger partial charge in [0.1, 0.15) is 11.3 Å². The second-order valence-corrected chi connectivity index (χ2v) is 8.91. The third kappa shape index (κ3) is 3.91. The number of thioether (sulfide) groups is 1. The van der Waals surface area contributed by atoms with E-state index in [2.05, 4.69) is 31.6 Å². The number of fused-ring (bicyclic) bond motifs is 2. The van der Waals surface area contributed by atoms with Crippen LogP contribution >= 0.6 is 11.8 Å². The van der Waals surface area contributed by atoms with Crippen LogP contribution in [0, 0.1) is 0 Å². The van der Waals surface area contributed by atoms with E-state index in [0.29, 0.717) is 28.5 Å². The normalized spacial score (nSPS) is 11.4. The van der Waals surface area contributed by atoms with Gasteiger partial charge in [0.2, 0.25) is 0 Å². The van der Waals surface area contributed by atoms with Gasteiger partial charge in [-0.15, -0.1) is 15.3 Å². The minimum atomic E-state index is -0.197. The summed E-state index contributed by atoms with van der Waals surface area (Å²) in [5, 5.41) is 19.5. The molecule has 0 bridgehead atoms. The average molecular weight is 496 g/mol. The molecule has 6 rings (SSSR count). The third-order valence-electron chi connectivity index (χ3n) is 5.81. The number of ether oxygens (including phenoxy) is 1. The van der Waals surface area contributed by atoms with Gasteiger partial charge < -0.3 is 9.72 Å². The molecule has 0 saturated heterocycles. The first-order chi connectivity index (χ1) is 17.7. The van der Waals surface area contributed by atoms with Gasteiger partial charge in [-0.2, -0.15) is 4.68 Å². The van der Waals surface area contributed by atoms with Crippen molar-refractivity contribution in [3.05, 3.63) is 89.3 Å². The number of aromatic nitrogens is 7. The highest BCUT2D eigenvalue weighted by Crippen LogP contribution is 2.33. The predicted octanol–water partition coefficient (Wildman–Crippen LogP) is 4.67. The van der Waals surface area contributed by atoms with Crippen molar-refractivity contribution in [1.29, 1.82) is 0 Å². The molecule has 3 heterocycles. The highest BCUT2D eigenvalue weighted by molar-refractivity contribution is 7.98. The van der Waals surface area contributed by atoms with Crippen LogP contribution in [0.2, 0.25) is 0 Å². The zero-order valence-corrected chi connectivity index (χ0v) is 20.1. The van der Waals surface area contributed by atoms with Crippen LogP contribution in [-0.2, 0) is 5.88 Å². The van der Waals surface area contributed by atoms with Crippen molar-refractivity contribution < 1.29 is 4.74 Å². The summed E-state index contributed by atoms with van der Waals surface area (Å²) in [7, 11) is 0. The van der Waals surface area contributed by atoms with Crippen LogP contribution in [0.1, 0.15) is 6.92 Å². The Kier molecular flexibility index (Phi) is 5.70. The van der Waals surface area contributed by atoms with E-state index in [1.807, 2.05) is 72.3 Å². The van der Waals surface area contributed by atoms with Crippen LogP contribution in [-0.4, -0.2) is 41.3 Å². The zero-order chi connectivity index (χ0) is 24.5. The lowest BCUT2D eigenvalue weighted by atomic mass is 10.1. The first-order valence-electron chi connectivity index (χ1n) is 11.4. The third-order valence-corrected chi connectivity index (χ3v) is 6.71. The molecule has 0 saturated carbocycles. The number of hydrogen-bond donors (Lipinski definition) is 1. The Morgan fingerprint density at radius 3 is 2.53 bits per heavy atom. The molecule has 9 nitrogen and oxygen atoms in total. The Balaban J connectivity index is 1.42. The smallest absolute Gasteiger partial charge is 0.278 e. The summed E-state index contributed by atoms with van der Waals surface area (Å²) in [5.74, 6) is 1.71. The second-order valence-electron chi connectivity index (χ2n) is 8.00. The van der Waals surface area contributed by atoms with E-state index in [4.69, 9.17) is 4.74 Å². The van der Waals surface area contributed by atoms with Gasteiger partial charge in [-0.05, 0) is 49.4 Å². The number of hydrogen-bond acceptors (Lipinski definition) is 7. The molecule has 0 fully saturated rings. The molecule has 3 aromatic heterocycles. The van der Waals surface area contributed by atoms with Crippen LogP contribution in [0.4, 0.5) is 0 Å². The van der Waals surface area contributed by atoms with Crippen LogP contribution in [0.25, 0.3) is 38.9 Å². The molecule has 178 valence electrons. The maximum atomic E-state index is 12.9. The summed E-state index contributed by atoms with van der Waals surface area (Å²) < 4.78 is 8.94. The van der Waals surface area contributed by atoms with E-state index in [1.54, 1.807) is 12.1 Å². The van der Waals surface area contributed by atoms with Crippen molar-refractivity contribution in [2.45, 2.75) is 18.0 Å². The predicted molar refractivity (Wildman–Crippen MR) is 139 cm³/mol. The molecule has 3 aromatic carbocycles. The number of rotatable bonds is 7. The maximum absolute atomic E-state index is 12.9. The van der Waals surface area contributed by atoms with Crippen LogP contribution in [0.3, 0.4) is 0 Å². The van der Waals surface area contributed by atoms with Gasteiger partial charge in [0.25, 0.3) is 5.56 Å². The van der Waals surface area contributed by atoms with E-state index in [0.717, 1.165) is 27.9 Å². The molecule has 0 aliphatic heterocycles. The molecular weight excluding hydrogens is 474 g/mol. The van der Waals surface area contributed by atoms with Crippen molar-refractivity contribution in [2.24, 2.45) is 0 Å². The number of nitrogens with zero attached hydrogens (tertiary/aromatic N) is 6.